The number of hydrogen-bond acceptors (Lipinski definition) is 4. The van der Waals surface area contributed by atoms with Gasteiger partial charge >= 0.3 is 0 Å². The summed E-state index contributed by atoms with van der Waals surface area (Å²) in [5.74, 6) is 1.38. The molecule has 0 aliphatic heterocycles. The Hall–Kier alpha value is -0.940. The van der Waals surface area contributed by atoms with Crippen molar-refractivity contribution in [2.45, 2.75) is 110 Å². The zero-order valence-corrected chi connectivity index (χ0v) is 20.7. The van der Waals surface area contributed by atoms with Crippen LogP contribution in [0.25, 0.3) is 0 Å². The Morgan fingerprint density at radius 2 is 1.91 bits per heavy atom. The Bertz CT molecular complexity index is 706. The molecule has 32 heavy (non-hydrogen) atoms. The van der Waals surface area contributed by atoms with Crippen LogP contribution in [0.1, 0.15) is 85.5 Å². The lowest BCUT2D eigenvalue weighted by Gasteiger charge is -2.44. The molecule has 0 amide bonds. The standard InChI is InChI=1S/C28H46O4/c1-6-20(7-2)27(31)17-32-19(4)24-12-13-25-21(9-8-14-28(24,25)5)10-11-22-15-23(29)16-26(30)18(22)3/h10-11,19-20,23-27,29-31H,3,6-9,12-17H2,1-2,4-5H3/b21-10+,22-11-/t19-,23+,24+,25-,26-,27-,28+/m0/s1. The Labute approximate surface area is 195 Å². The van der Waals surface area contributed by atoms with Gasteiger partial charge in [-0.25, -0.2) is 0 Å². The first kappa shape index (κ1) is 25.7. The highest BCUT2D eigenvalue weighted by molar-refractivity contribution is 5.38. The van der Waals surface area contributed by atoms with Gasteiger partial charge in [-0.05, 0) is 79.8 Å². The maximum absolute atomic E-state index is 10.5. The second-order valence-electron chi connectivity index (χ2n) is 10.8. The van der Waals surface area contributed by atoms with Gasteiger partial charge in [-0.15, -0.1) is 0 Å². The van der Waals surface area contributed by atoms with E-state index in [0.29, 0.717) is 37.2 Å². The van der Waals surface area contributed by atoms with E-state index in [1.807, 2.05) is 0 Å². The van der Waals surface area contributed by atoms with Crippen molar-refractivity contribution in [1.29, 1.82) is 0 Å². The van der Waals surface area contributed by atoms with Gasteiger partial charge in [0.15, 0.2) is 0 Å². The average molecular weight is 447 g/mol. The van der Waals surface area contributed by atoms with Crippen LogP contribution in [0.2, 0.25) is 0 Å². The van der Waals surface area contributed by atoms with Crippen molar-refractivity contribution in [2.24, 2.45) is 23.2 Å². The number of aliphatic hydroxyl groups excluding tert-OH is 3. The maximum Gasteiger partial charge on any atom is 0.0811 e. The van der Waals surface area contributed by atoms with E-state index >= 15 is 0 Å². The molecule has 3 saturated carbocycles. The van der Waals surface area contributed by atoms with Crippen LogP contribution >= 0.6 is 0 Å². The molecular formula is C28H46O4. The van der Waals surface area contributed by atoms with Gasteiger partial charge < -0.3 is 20.1 Å². The molecule has 7 atom stereocenters. The number of rotatable bonds is 8. The summed E-state index contributed by atoms with van der Waals surface area (Å²) in [5.41, 5.74) is 3.47. The van der Waals surface area contributed by atoms with E-state index in [2.05, 4.69) is 46.4 Å². The van der Waals surface area contributed by atoms with Crippen LogP contribution in [0.4, 0.5) is 0 Å². The van der Waals surface area contributed by atoms with Crippen molar-refractivity contribution in [1.82, 2.24) is 0 Å². The third kappa shape index (κ3) is 5.41. The molecule has 0 heterocycles. The quantitative estimate of drug-likeness (QED) is 0.471. The summed E-state index contributed by atoms with van der Waals surface area (Å²) in [5, 5.41) is 30.7. The van der Waals surface area contributed by atoms with Crippen molar-refractivity contribution in [2.75, 3.05) is 6.61 Å². The lowest BCUT2D eigenvalue weighted by Crippen LogP contribution is -2.40. The molecule has 3 fully saturated rings. The summed E-state index contributed by atoms with van der Waals surface area (Å²) in [4.78, 5) is 0. The van der Waals surface area contributed by atoms with Crippen LogP contribution in [-0.4, -0.2) is 46.3 Å². The third-order valence-corrected chi connectivity index (χ3v) is 8.99. The van der Waals surface area contributed by atoms with Gasteiger partial charge in [0, 0.05) is 6.42 Å². The van der Waals surface area contributed by atoms with Crippen molar-refractivity contribution in [3.8, 4) is 0 Å². The van der Waals surface area contributed by atoms with E-state index in [0.717, 1.165) is 30.4 Å². The molecule has 0 aromatic rings. The highest BCUT2D eigenvalue weighted by Gasteiger charge is 2.51. The molecule has 0 aromatic carbocycles. The minimum Gasteiger partial charge on any atom is -0.393 e. The molecule has 0 bridgehead atoms. The summed E-state index contributed by atoms with van der Waals surface area (Å²) >= 11 is 0. The largest absolute Gasteiger partial charge is 0.393 e. The second-order valence-corrected chi connectivity index (χ2v) is 10.8. The molecular weight excluding hydrogens is 400 g/mol. The Balaban J connectivity index is 1.68. The van der Waals surface area contributed by atoms with Gasteiger partial charge in [0.25, 0.3) is 0 Å². The molecule has 0 aromatic heterocycles. The van der Waals surface area contributed by atoms with E-state index in [4.69, 9.17) is 4.74 Å². The molecule has 0 unspecified atom stereocenters. The van der Waals surface area contributed by atoms with E-state index in [9.17, 15) is 15.3 Å². The molecule has 0 saturated heterocycles. The van der Waals surface area contributed by atoms with E-state index in [1.165, 1.54) is 31.3 Å². The van der Waals surface area contributed by atoms with Crippen molar-refractivity contribution in [3.63, 3.8) is 0 Å². The molecule has 3 aliphatic rings. The molecule has 182 valence electrons. The lowest BCUT2D eigenvalue weighted by molar-refractivity contribution is -0.0691. The SMILES string of the molecule is C=C1/C(=C\C=C2/CCC[C@]3(C)[C@@H]([C@H](C)OC[C@H](O)C(CC)CC)CC[C@@H]23)C[C@@H](O)C[C@@H]1O. The maximum atomic E-state index is 10.5. The van der Waals surface area contributed by atoms with Gasteiger partial charge in [-0.3, -0.25) is 0 Å². The number of hydrogen-bond donors (Lipinski definition) is 3. The predicted molar refractivity (Wildman–Crippen MR) is 130 cm³/mol. The summed E-state index contributed by atoms with van der Waals surface area (Å²) < 4.78 is 6.27. The molecule has 3 N–H and O–H groups in total. The summed E-state index contributed by atoms with van der Waals surface area (Å²) in [6.07, 6.45) is 11.9. The van der Waals surface area contributed by atoms with Crippen LogP contribution in [0.5, 0.6) is 0 Å². The first-order chi connectivity index (χ1) is 15.2. The summed E-state index contributed by atoms with van der Waals surface area (Å²) in [6.45, 7) is 13.4. The Morgan fingerprint density at radius 1 is 1.19 bits per heavy atom. The van der Waals surface area contributed by atoms with Crippen LogP contribution in [-0.2, 0) is 4.74 Å². The number of allylic oxidation sites excluding steroid dienone is 3. The van der Waals surface area contributed by atoms with E-state index < -0.39 is 12.2 Å². The van der Waals surface area contributed by atoms with Gasteiger partial charge in [-0.1, -0.05) is 57.9 Å². The fourth-order valence-corrected chi connectivity index (χ4v) is 6.85. The molecule has 4 heteroatoms. The fourth-order valence-electron chi connectivity index (χ4n) is 6.85. The number of fused-ring (bicyclic) bond motifs is 1. The average Bonchev–Trinajstić information content (AvgIpc) is 3.12. The molecule has 0 radical (unpaired) electrons. The molecule has 3 aliphatic carbocycles. The minimum atomic E-state index is -0.635. The van der Waals surface area contributed by atoms with Crippen LogP contribution in [0.3, 0.4) is 0 Å². The first-order valence-corrected chi connectivity index (χ1v) is 13.0. The van der Waals surface area contributed by atoms with E-state index in [1.54, 1.807) is 0 Å². The third-order valence-electron chi connectivity index (χ3n) is 8.99. The van der Waals surface area contributed by atoms with Crippen LogP contribution < -0.4 is 0 Å². The van der Waals surface area contributed by atoms with Gasteiger partial charge in [0.2, 0.25) is 0 Å². The fraction of sp³-hybridized carbons (Fsp3) is 0.786. The summed E-state index contributed by atoms with van der Waals surface area (Å²) in [6, 6.07) is 0. The topological polar surface area (TPSA) is 69.9 Å². The van der Waals surface area contributed by atoms with E-state index in [-0.39, 0.29) is 17.6 Å². The van der Waals surface area contributed by atoms with Gasteiger partial charge in [-0.2, -0.15) is 0 Å². The van der Waals surface area contributed by atoms with Crippen LogP contribution in [0.15, 0.2) is 35.5 Å². The Kier molecular flexibility index (Phi) is 8.82. The monoisotopic (exact) mass is 446 g/mol. The van der Waals surface area contributed by atoms with Gasteiger partial charge in [0.1, 0.15) is 0 Å². The first-order valence-electron chi connectivity index (χ1n) is 13.0. The zero-order chi connectivity index (χ0) is 23.5. The molecule has 3 rings (SSSR count). The number of ether oxygens (including phenoxy) is 1. The highest BCUT2D eigenvalue weighted by atomic mass is 16.5. The van der Waals surface area contributed by atoms with Gasteiger partial charge in [0.05, 0.1) is 31.0 Å². The second kappa shape index (κ2) is 11.0. The molecule has 0 spiro atoms. The zero-order valence-electron chi connectivity index (χ0n) is 20.7. The van der Waals surface area contributed by atoms with Crippen molar-refractivity contribution < 1.29 is 20.1 Å². The highest BCUT2D eigenvalue weighted by Crippen LogP contribution is 2.58. The van der Waals surface area contributed by atoms with Crippen molar-refractivity contribution >= 4 is 0 Å². The van der Waals surface area contributed by atoms with Crippen molar-refractivity contribution in [3.05, 3.63) is 35.5 Å². The molecule has 4 nitrogen and oxygen atoms in total. The van der Waals surface area contributed by atoms with Crippen LogP contribution in [0, 0.1) is 23.2 Å². The summed E-state index contributed by atoms with van der Waals surface area (Å²) in [7, 11) is 0. The normalized spacial score (nSPS) is 37.8. The minimum absolute atomic E-state index is 0.148. The smallest absolute Gasteiger partial charge is 0.0811 e. The predicted octanol–water partition coefficient (Wildman–Crippen LogP) is 5.33. The number of aliphatic hydroxyl groups is 3. The lowest BCUT2D eigenvalue weighted by atomic mass is 9.62. The Morgan fingerprint density at radius 3 is 2.59 bits per heavy atom.